The summed E-state index contributed by atoms with van der Waals surface area (Å²) in [6.07, 6.45) is 1.40. The maximum Gasteiger partial charge on any atom is 0.243 e. The van der Waals surface area contributed by atoms with Crippen LogP contribution in [-0.4, -0.2) is 49.7 Å². The third-order valence-electron chi connectivity index (χ3n) is 6.95. The third kappa shape index (κ3) is 6.37. The molecule has 0 bridgehead atoms. The van der Waals surface area contributed by atoms with E-state index in [-0.39, 0.29) is 17.9 Å². The molecule has 37 heavy (non-hydrogen) atoms. The van der Waals surface area contributed by atoms with Crippen LogP contribution >= 0.6 is 0 Å². The standard InChI is InChI=1S/C29H35N3O4S/c1-20(2)23-13-11-22(12-14-23)19-27(30-21(3)33)29(34)31-25-15-17-32(18-16-25)37(35,36)28-10-6-8-24-7-4-5-9-26(24)28/h4-14,20,25,27H,15-19H2,1-3H3,(H,30,33)(H,31,34)/t27-/m1/s1. The summed E-state index contributed by atoms with van der Waals surface area (Å²) >= 11 is 0. The number of piperidine rings is 1. The van der Waals surface area contributed by atoms with Crippen molar-refractivity contribution in [3.63, 3.8) is 0 Å². The molecular weight excluding hydrogens is 486 g/mol. The lowest BCUT2D eigenvalue weighted by molar-refractivity contribution is -0.128. The fourth-order valence-electron chi connectivity index (χ4n) is 4.83. The van der Waals surface area contributed by atoms with Crippen LogP contribution in [0.5, 0.6) is 0 Å². The predicted molar refractivity (Wildman–Crippen MR) is 146 cm³/mol. The van der Waals surface area contributed by atoms with Crippen molar-refractivity contribution in [3.8, 4) is 0 Å². The molecule has 1 atom stereocenters. The average molecular weight is 522 g/mol. The van der Waals surface area contributed by atoms with Crippen LogP contribution < -0.4 is 10.6 Å². The Hall–Kier alpha value is -3.23. The molecule has 1 heterocycles. The first-order chi connectivity index (χ1) is 17.6. The van der Waals surface area contributed by atoms with Crippen molar-refractivity contribution in [2.75, 3.05) is 13.1 Å². The minimum Gasteiger partial charge on any atom is -0.351 e. The molecule has 0 spiro atoms. The highest BCUT2D eigenvalue weighted by Crippen LogP contribution is 2.27. The van der Waals surface area contributed by atoms with Gasteiger partial charge in [0.05, 0.1) is 4.90 Å². The van der Waals surface area contributed by atoms with E-state index in [2.05, 4.69) is 36.6 Å². The van der Waals surface area contributed by atoms with Gasteiger partial charge >= 0.3 is 0 Å². The van der Waals surface area contributed by atoms with Gasteiger partial charge < -0.3 is 10.6 Å². The van der Waals surface area contributed by atoms with Crippen LogP contribution in [0.25, 0.3) is 10.8 Å². The first-order valence-corrected chi connectivity index (χ1v) is 14.2. The van der Waals surface area contributed by atoms with E-state index in [0.29, 0.717) is 48.6 Å². The minimum absolute atomic E-state index is 0.161. The van der Waals surface area contributed by atoms with E-state index in [1.807, 2.05) is 42.5 Å². The van der Waals surface area contributed by atoms with Gasteiger partial charge in [-0.1, -0.05) is 74.5 Å². The van der Waals surface area contributed by atoms with E-state index in [1.54, 1.807) is 12.1 Å². The van der Waals surface area contributed by atoms with Crippen LogP contribution in [0.4, 0.5) is 0 Å². The monoisotopic (exact) mass is 521 g/mol. The smallest absolute Gasteiger partial charge is 0.243 e. The molecule has 1 aliphatic rings. The summed E-state index contributed by atoms with van der Waals surface area (Å²) < 4.78 is 28.3. The molecule has 3 aromatic rings. The molecule has 2 amide bonds. The number of nitrogens with zero attached hydrogens (tertiary/aromatic N) is 1. The molecule has 8 heteroatoms. The van der Waals surface area contributed by atoms with E-state index in [9.17, 15) is 18.0 Å². The number of benzene rings is 3. The Morgan fingerprint density at radius 1 is 0.946 bits per heavy atom. The van der Waals surface area contributed by atoms with Gasteiger partial charge in [-0.25, -0.2) is 8.42 Å². The number of fused-ring (bicyclic) bond motifs is 1. The second-order valence-electron chi connectivity index (χ2n) is 10.0. The van der Waals surface area contributed by atoms with Crippen LogP contribution in [0.15, 0.2) is 71.6 Å². The van der Waals surface area contributed by atoms with E-state index >= 15 is 0 Å². The SMILES string of the molecule is CC(=O)N[C@H](Cc1ccc(C(C)C)cc1)C(=O)NC1CCN(S(=O)(=O)c2cccc3ccccc23)CC1. The van der Waals surface area contributed by atoms with E-state index in [4.69, 9.17) is 0 Å². The van der Waals surface area contributed by atoms with Crippen LogP contribution in [0, 0.1) is 0 Å². The van der Waals surface area contributed by atoms with Crippen molar-refractivity contribution in [1.29, 1.82) is 0 Å². The molecule has 0 radical (unpaired) electrons. The number of amides is 2. The van der Waals surface area contributed by atoms with Crippen LogP contribution in [0.3, 0.4) is 0 Å². The maximum atomic E-state index is 13.4. The van der Waals surface area contributed by atoms with Gasteiger partial charge in [0.25, 0.3) is 0 Å². The molecule has 2 N–H and O–H groups in total. The second kappa shape index (κ2) is 11.4. The van der Waals surface area contributed by atoms with Crippen molar-refractivity contribution in [3.05, 3.63) is 77.9 Å². The number of nitrogens with one attached hydrogen (secondary N) is 2. The van der Waals surface area contributed by atoms with E-state index in [1.165, 1.54) is 16.8 Å². The summed E-state index contributed by atoms with van der Waals surface area (Å²) in [5, 5.41) is 7.40. The topological polar surface area (TPSA) is 95.6 Å². The molecule has 1 saturated heterocycles. The third-order valence-corrected chi connectivity index (χ3v) is 8.90. The zero-order valence-corrected chi connectivity index (χ0v) is 22.4. The fourth-order valence-corrected chi connectivity index (χ4v) is 6.51. The lowest BCUT2D eigenvalue weighted by atomic mass is 9.98. The highest BCUT2D eigenvalue weighted by Gasteiger charge is 2.32. The quantitative estimate of drug-likeness (QED) is 0.469. The van der Waals surface area contributed by atoms with Crippen molar-refractivity contribution in [1.82, 2.24) is 14.9 Å². The van der Waals surface area contributed by atoms with Crippen LogP contribution in [0.1, 0.15) is 50.7 Å². The van der Waals surface area contributed by atoms with Gasteiger partial charge in [0.2, 0.25) is 21.8 Å². The maximum absolute atomic E-state index is 13.4. The zero-order chi connectivity index (χ0) is 26.6. The first-order valence-electron chi connectivity index (χ1n) is 12.8. The molecule has 1 aliphatic heterocycles. The normalized spacial score (nSPS) is 16.0. The van der Waals surface area contributed by atoms with Gasteiger partial charge in [0, 0.05) is 37.9 Å². The second-order valence-corrected chi connectivity index (χ2v) is 11.9. The lowest BCUT2D eigenvalue weighted by Gasteiger charge is -2.32. The Morgan fingerprint density at radius 3 is 2.24 bits per heavy atom. The number of sulfonamides is 1. The molecule has 196 valence electrons. The summed E-state index contributed by atoms with van der Waals surface area (Å²) in [5.74, 6) is -0.104. The summed E-state index contributed by atoms with van der Waals surface area (Å²) in [6.45, 7) is 6.29. The average Bonchev–Trinajstić information content (AvgIpc) is 2.88. The Morgan fingerprint density at radius 2 is 1.59 bits per heavy atom. The molecule has 0 unspecified atom stereocenters. The number of hydrogen-bond acceptors (Lipinski definition) is 4. The van der Waals surface area contributed by atoms with Gasteiger partial charge in [-0.2, -0.15) is 4.31 Å². The molecule has 3 aromatic carbocycles. The summed E-state index contributed by atoms with van der Waals surface area (Å²) in [7, 11) is -3.66. The van der Waals surface area contributed by atoms with Gasteiger partial charge in [-0.3, -0.25) is 9.59 Å². The molecule has 0 saturated carbocycles. The van der Waals surface area contributed by atoms with Crippen molar-refractivity contribution in [2.24, 2.45) is 0 Å². The highest BCUT2D eigenvalue weighted by molar-refractivity contribution is 7.89. The van der Waals surface area contributed by atoms with Crippen molar-refractivity contribution >= 4 is 32.6 Å². The molecule has 4 rings (SSSR count). The van der Waals surface area contributed by atoms with Gasteiger partial charge in [-0.15, -0.1) is 0 Å². The molecule has 1 fully saturated rings. The fraction of sp³-hybridized carbons (Fsp3) is 0.379. The predicted octanol–water partition coefficient (Wildman–Crippen LogP) is 3.98. The summed E-state index contributed by atoms with van der Waals surface area (Å²) in [4.78, 5) is 25.2. The summed E-state index contributed by atoms with van der Waals surface area (Å²) in [6, 6.07) is 20.0. The molecular formula is C29H35N3O4S. The van der Waals surface area contributed by atoms with E-state index < -0.39 is 16.1 Å². The highest BCUT2D eigenvalue weighted by atomic mass is 32.2. The van der Waals surface area contributed by atoms with Gasteiger partial charge in [0.15, 0.2) is 0 Å². The molecule has 0 aromatic heterocycles. The largest absolute Gasteiger partial charge is 0.351 e. The number of hydrogen-bond donors (Lipinski definition) is 2. The Bertz CT molecular complexity index is 1360. The Balaban J connectivity index is 1.39. The van der Waals surface area contributed by atoms with Crippen LogP contribution in [0.2, 0.25) is 0 Å². The van der Waals surface area contributed by atoms with Crippen molar-refractivity contribution in [2.45, 2.75) is 62.9 Å². The Labute approximate surface area is 219 Å². The van der Waals surface area contributed by atoms with Crippen LogP contribution in [-0.2, 0) is 26.0 Å². The number of rotatable bonds is 8. The number of carbonyl (C=O) groups is 2. The zero-order valence-electron chi connectivity index (χ0n) is 21.6. The van der Waals surface area contributed by atoms with E-state index in [0.717, 1.165) is 10.9 Å². The molecule has 7 nitrogen and oxygen atoms in total. The lowest BCUT2D eigenvalue weighted by Crippen LogP contribution is -2.53. The van der Waals surface area contributed by atoms with Crippen molar-refractivity contribution < 1.29 is 18.0 Å². The summed E-state index contributed by atoms with van der Waals surface area (Å²) in [5.41, 5.74) is 2.18. The minimum atomic E-state index is -3.66. The molecule has 0 aliphatic carbocycles. The van der Waals surface area contributed by atoms with Gasteiger partial charge in [-0.05, 0) is 41.3 Å². The first kappa shape index (κ1) is 26.8. The number of carbonyl (C=O) groups excluding carboxylic acids is 2. The Kier molecular flexibility index (Phi) is 8.29. The van der Waals surface area contributed by atoms with Gasteiger partial charge in [0.1, 0.15) is 6.04 Å².